The minimum absolute atomic E-state index is 0.0969. The number of amides is 2. The van der Waals surface area contributed by atoms with Crippen molar-refractivity contribution < 1.29 is 19.2 Å². The molecule has 0 radical (unpaired) electrons. The first-order valence-corrected chi connectivity index (χ1v) is 13.1. The summed E-state index contributed by atoms with van der Waals surface area (Å²) in [6.07, 6.45) is 0.961. The monoisotopic (exact) mass is 496 g/mol. The number of hydrogen-bond donors (Lipinski definition) is 1. The lowest BCUT2D eigenvalue weighted by molar-refractivity contribution is -0.900. The highest BCUT2D eigenvalue weighted by atomic mass is 16.5. The molecule has 0 unspecified atom stereocenters. The summed E-state index contributed by atoms with van der Waals surface area (Å²) in [6.45, 7) is 5.38. The first-order chi connectivity index (χ1) is 18.2. The van der Waals surface area contributed by atoms with Crippen molar-refractivity contribution in [3.05, 3.63) is 102 Å². The van der Waals surface area contributed by atoms with E-state index in [1.807, 2.05) is 78.9 Å². The van der Waals surface area contributed by atoms with Crippen LogP contribution < -0.4 is 14.5 Å². The number of carbonyl (C=O) groups excluding carboxylic acids is 2. The first-order valence-electron chi connectivity index (χ1n) is 13.1. The quantitative estimate of drug-likeness (QED) is 0.385. The normalized spacial score (nSPS) is 16.4. The molecule has 2 heterocycles. The molecule has 2 saturated heterocycles. The van der Waals surface area contributed by atoms with Gasteiger partial charge in [0.15, 0.2) is 0 Å². The number of carbonyl (C=O) groups is 2. The van der Waals surface area contributed by atoms with Crippen LogP contribution in [0.4, 0.5) is 5.69 Å². The molecule has 1 N–H and O–H groups in total. The number of benzene rings is 3. The highest BCUT2D eigenvalue weighted by molar-refractivity contribution is 6.18. The van der Waals surface area contributed by atoms with E-state index in [9.17, 15) is 9.59 Å². The van der Waals surface area contributed by atoms with Gasteiger partial charge in [-0.25, -0.2) is 0 Å². The van der Waals surface area contributed by atoms with Gasteiger partial charge >= 0.3 is 0 Å². The van der Waals surface area contributed by atoms with Gasteiger partial charge in [0.05, 0.1) is 51.9 Å². The molecule has 2 aliphatic heterocycles. The second-order valence-electron chi connectivity index (χ2n) is 9.63. The Labute approximate surface area is 218 Å². The van der Waals surface area contributed by atoms with Crippen molar-refractivity contribution >= 4 is 23.1 Å². The SMILES string of the molecule is COc1ccccc1N1CC[NH+](CCCN2C(=O)CC(=C(c3ccccc3)c3ccccc3)C2=O)CC1. The maximum absolute atomic E-state index is 13.5. The molecule has 3 aromatic carbocycles. The van der Waals surface area contributed by atoms with Crippen LogP contribution in [0.3, 0.4) is 0 Å². The Morgan fingerprint density at radius 1 is 0.838 bits per heavy atom. The number of nitrogens with zero attached hydrogens (tertiary/aromatic N) is 2. The van der Waals surface area contributed by atoms with E-state index >= 15 is 0 Å². The topological polar surface area (TPSA) is 54.3 Å². The number of quaternary nitrogens is 1. The summed E-state index contributed by atoms with van der Waals surface area (Å²) >= 11 is 0. The molecule has 0 atom stereocenters. The van der Waals surface area contributed by atoms with Crippen LogP contribution in [0.2, 0.25) is 0 Å². The number of nitrogens with one attached hydrogen (secondary N) is 1. The van der Waals surface area contributed by atoms with E-state index in [2.05, 4.69) is 11.0 Å². The molecule has 190 valence electrons. The summed E-state index contributed by atoms with van der Waals surface area (Å²) in [6, 6.07) is 28.0. The minimum atomic E-state index is -0.149. The van der Waals surface area contributed by atoms with Crippen LogP contribution in [0.15, 0.2) is 90.5 Å². The van der Waals surface area contributed by atoms with Crippen molar-refractivity contribution in [3.63, 3.8) is 0 Å². The third-order valence-electron chi connectivity index (χ3n) is 7.37. The maximum Gasteiger partial charge on any atom is 0.257 e. The van der Waals surface area contributed by atoms with Crippen molar-refractivity contribution in [1.29, 1.82) is 0 Å². The molecule has 5 rings (SSSR count). The Bertz CT molecular complexity index is 1220. The smallest absolute Gasteiger partial charge is 0.257 e. The Kier molecular flexibility index (Phi) is 7.66. The van der Waals surface area contributed by atoms with Crippen molar-refractivity contribution in [2.75, 3.05) is 51.3 Å². The zero-order valence-electron chi connectivity index (χ0n) is 21.4. The van der Waals surface area contributed by atoms with Gasteiger partial charge < -0.3 is 14.5 Å². The summed E-state index contributed by atoms with van der Waals surface area (Å²) in [7, 11) is 1.71. The fraction of sp³-hybridized carbons (Fsp3) is 0.290. The van der Waals surface area contributed by atoms with E-state index in [-0.39, 0.29) is 18.2 Å². The Morgan fingerprint density at radius 2 is 1.43 bits per heavy atom. The summed E-state index contributed by atoms with van der Waals surface area (Å²) < 4.78 is 5.53. The maximum atomic E-state index is 13.5. The van der Waals surface area contributed by atoms with Crippen LogP contribution in [-0.4, -0.2) is 63.1 Å². The molecule has 0 aliphatic carbocycles. The van der Waals surface area contributed by atoms with Crippen molar-refractivity contribution in [1.82, 2.24) is 4.90 Å². The van der Waals surface area contributed by atoms with E-state index in [1.54, 1.807) is 7.11 Å². The van der Waals surface area contributed by atoms with E-state index in [0.29, 0.717) is 12.1 Å². The second kappa shape index (κ2) is 11.4. The predicted molar refractivity (Wildman–Crippen MR) is 146 cm³/mol. The highest BCUT2D eigenvalue weighted by Gasteiger charge is 2.36. The van der Waals surface area contributed by atoms with E-state index in [4.69, 9.17) is 4.74 Å². The zero-order valence-corrected chi connectivity index (χ0v) is 21.4. The van der Waals surface area contributed by atoms with Crippen molar-refractivity contribution in [3.8, 4) is 5.75 Å². The second-order valence-corrected chi connectivity index (χ2v) is 9.63. The summed E-state index contributed by atoms with van der Waals surface area (Å²) in [5.74, 6) is 0.662. The number of methoxy groups -OCH3 is 1. The number of hydrogen-bond acceptors (Lipinski definition) is 4. The number of piperazine rings is 1. The lowest BCUT2D eigenvalue weighted by Crippen LogP contribution is -3.15. The molecule has 6 nitrogen and oxygen atoms in total. The number of para-hydroxylation sites is 2. The van der Waals surface area contributed by atoms with Crippen LogP contribution in [-0.2, 0) is 9.59 Å². The molecule has 2 amide bonds. The standard InChI is InChI=1S/C31H33N3O3/c1-37-28-16-9-8-15-27(28)33-21-19-32(20-22-33)17-10-18-34-29(35)23-26(31(34)36)30(24-11-4-2-5-12-24)25-13-6-3-7-14-25/h2-9,11-16H,10,17-23H2,1H3/p+1. The molecule has 6 heteroatoms. The molecule has 37 heavy (non-hydrogen) atoms. The number of ether oxygens (including phenoxy) is 1. The molecular formula is C31H34N3O3+. The lowest BCUT2D eigenvalue weighted by Gasteiger charge is -2.34. The minimum Gasteiger partial charge on any atom is -0.495 e. The summed E-state index contributed by atoms with van der Waals surface area (Å²) in [4.78, 5) is 31.8. The van der Waals surface area contributed by atoms with E-state index < -0.39 is 0 Å². The average molecular weight is 497 g/mol. The number of likely N-dealkylation sites (tertiary alicyclic amines) is 1. The van der Waals surface area contributed by atoms with Crippen LogP contribution in [0.1, 0.15) is 24.0 Å². The third kappa shape index (κ3) is 5.44. The highest BCUT2D eigenvalue weighted by Crippen LogP contribution is 2.33. The number of anilines is 1. The lowest BCUT2D eigenvalue weighted by atomic mass is 9.92. The van der Waals surface area contributed by atoms with E-state index in [0.717, 1.165) is 67.3 Å². The van der Waals surface area contributed by atoms with Gasteiger partial charge in [-0.3, -0.25) is 14.5 Å². The van der Waals surface area contributed by atoms with Gasteiger partial charge in [0.25, 0.3) is 5.91 Å². The molecule has 0 bridgehead atoms. The summed E-state index contributed by atoms with van der Waals surface area (Å²) in [5, 5.41) is 0. The van der Waals surface area contributed by atoms with Crippen molar-refractivity contribution in [2.45, 2.75) is 12.8 Å². The van der Waals surface area contributed by atoms with E-state index in [1.165, 1.54) is 9.80 Å². The summed E-state index contributed by atoms with van der Waals surface area (Å²) in [5.41, 5.74) is 4.53. The van der Waals surface area contributed by atoms with Crippen LogP contribution in [0.25, 0.3) is 5.57 Å². The number of rotatable bonds is 8. The van der Waals surface area contributed by atoms with Crippen molar-refractivity contribution in [2.24, 2.45) is 0 Å². The number of imide groups is 1. The van der Waals surface area contributed by atoms with Crippen LogP contribution in [0.5, 0.6) is 5.75 Å². The fourth-order valence-corrected chi connectivity index (χ4v) is 5.44. The van der Waals surface area contributed by atoms with Gasteiger partial charge in [0.2, 0.25) is 5.91 Å². The van der Waals surface area contributed by atoms with Gasteiger partial charge in [0.1, 0.15) is 5.75 Å². The Balaban J connectivity index is 1.22. The molecule has 0 aromatic heterocycles. The largest absolute Gasteiger partial charge is 0.495 e. The van der Waals surface area contributed by atoms with Gasteiger partial charge in [0, 0.05) is 18.5 Å². The van der Waals surface area contributed by atoms with Crippen LogP contribution in [0, 0.1) is 0 Å². The first kappa shape index (κ1) is 24.8. The molecular weight excluding hydrogens is 462 g/mol. The zero-order chi connectivity index (χ0) is 25.6. The fourth-order valence-electron chi connectivity index (χ4n) is 5.44. The Hall–Kier alpha value is -3.90. The molecule has 0 spiro atoms. The Morgan fingerprint density at radius 3 is 2.05 bits per heavy atom. The molecule has 0 saturated carbocycles. The molecule has 2 fully saturated rings. The average Bonchev–Trinajstić information content (AvgIpc) is 3.23. The molecule has 3 aromatic rings. The predicted octanol–water partition coefficient (Wildman–Crippen LogP) is 3.05. The van der Waals surface area contributed by atoms with Crippen LogP contribution >= 0.6 is 0 Å². The molecule has 2 aliphatic rings. The van der Waals surface area contributed by atoms with Gasteiger partial charge in [-0.15, -0.1) is 0 Å². The van der Waals surface area contributed by atoms with Gasteiger partial charge in [-0.1, -0.05) is 72.8 Å². The van der Waals surface area contributed by atoms with Gasteiger partial charge in [-0.2, -0.15) is 0 Å². The van der Waals surface area contributed by atoms with Gasteiger partial charge in [-0.05, 0) is 28.8 Å². The third-order valence-corrected chi connectivity index (χ3v) is 7.37.